The number of benzene rings is 2. The van der Waals surface area contributed by atoms with E-state index in [2.05, 4.69) is 4.90 Å². The minimum Gasteiger partial charge on any atom is -0.495 e. The molecule has 8 heteroatoms. The largest absolute Gasteiger partial charge is 0.495 e. The van der Waals surface area contributed by atoms with E-state index < -0.39 is 16.8 Å². The van der Waals surface area contributed by atoms with E-state index in [-0.39, 0.29) is 5.78 Å². The number of fused-ring (bicyclic) bond motifs is 1. The maximum atomic E-state index is 12.9. The summed E-state index contributed by atoms with van der Waals surface area (Å²) in [6, 6.07) is 7.17. The number of rotatable bonds is 3. The van der Waals surface area contributed by atoms with Crippen LogP contribution in [-0.2, 0) is 17.3 Å². The van der Waals surface area contributed by atoms with Crippen LogP contribution in [0.3, 0.4) is 0 Å². The zero-order valence-electron chi connectivity index (χ0n) is 16.2. The molecule has 1 aliphatic carbocycles. The van der Waals surface area contributed by atoms with Gasteiger partial charge in [-0.15, -0.1) is 0 Å². The topological polar surface area (TPSA) is 38.8 Å². The molecule has 0 spiro atoms. The van der Waals surface area contributed by atoms with Crippen molar-refractivity contribution in [2.45, 2.75) is 12.6 Å². The summed E-state index contributed by atoms with van der Waals surface area (Å²) >= 11 is 5.80. The number of nitrogens with zero attached hydrogens (tertiary/aromatic N) is 1. The van der Waals surface area contributed by atoms with Crippen LogP contribution in [0.4, 0.5) is 18.9 Å². The highest BCUT2D eigenvalue weighted by Gasteiger charge is 2.33. The fraction of sp³-hybridized carbons (Fsp3) is 0.318. The number of morpholine rings is 1. The number of hydrogen-bond donors (Lipinski definition) is 0. The molecule has 1 fully saturated rings. The molecule has 1 aliphatic heterocycles. The van der Waals surface area contributed by atoms with Crippen molar-refractivity contribution in [2.24, 2.45) is 0 Å². The third kappa shape index (κ3) is 3.91. The van der Waals surface area contributed by atoms with Crippen LogP contribution < -0.4 is 9.64 Å². The molecule has 0 radical (unpaired) electrons. The fourth-order valence-electron chi connectivity index (χ4n) is 3.81. The van der Waals surface area contributed by atoms with Gasteiger partial charge >= 0.3 is 6.18 Å². The van der Waals surface area contributed by atoms with E-state index >= 15 is 0 Å². The highest BCUT2D eigenvalue weighted by molar-refractivity contribution is 6.31. The molecule has 4 nitrogen and oxygen atoms in total. The van der Waals surface area contributed by atoms with Crippen LogP contribution in [0, 0.1) is 0 Å². The van der Waals surface area contributed by atoms with Gasteiger partial charge in [-0.25, -0.2) is 0 Å². The van der Waals surface area contributed by atoms with Gasteiger partial charge in [-0.1, -0.05) is 17.7 Å². The van der Waals surface area contributed by atoms with Gasteiger partial charge in [0, 0.05) is 30.6 Å². The molecule has 1 heterocycles. The molecule has 0 saturated carbocycles. The number of ether oxygens (including phenoxy) is 2. The number of methoxy groups -OCH3 is 1. The quantitative estimate of drug-likeness (QED) is 0.632. The summed E-state index contributed by atoms with van der Waals surface area (Å²) in [5.74, 6) is 0.454. The minimum atomic E-state index is -4.52. The van der Waals surface area contributed by atoms with Crippen molar-refractivity contribution in [1.82, 2.24) is 0 Å². The third-order valence-corrected chi connectivity index (χ3v) is 5.63. The van der Waals surface area contributed by atoms with Gasteiger partial charge in [0.15, 0.2) is 5.78 Å². The smallest absolute Gasteiger partial charge is 0.417 e. The molecule has 0 unspecified atom stereocenters. The van der Waals surface area contributed by atoms with Crippen LogP contribution in [0.1, 0.15) is 27.0 Å². The molecule has 0 amide bonds. The minimum absolute atomic E-state index is 0.159. The maximum absolute atomic E-state index is 12.9. The Hall–Kier alpha value is -2.51. The number of anilines is 1. The Labute approximate surface area is 176 Å². The zero-order valence-corrected chi connectivity index (χ0v) is 16.9. The molecule has 2 aromatic rings. The number of allylic oxidation sites excluding steroid dienone is 1. The number of alkyl halides is 3. The van der Waals surface area contributed by atoms with Crippen molar-refractivity contribution in [3.05, 3.63) is 63.2 Å². The molecule has 0 atom stereocenters. The first-order chi connectivity index (χ1) is 14.3. The molecule has 2 aromatic carbocycles. The van der Waals surface area contributed by atoms with Crippen molar-refractivity contribution in [3.8, 4) is 5.75 Å². The number of hydrogen-bond acceptors (Lipinski definition) is 4. The van der Waals surface area contributed by atoms with Crippen LogP contribution in [-0.4, -0.2) is 39.2 Å². The summed E-state index contributed by atoms with van der Waals surface area (Å²) in [4.78, 5) is 15.1. The average molecular weight is 438 g/mol. The number of carbonyl (C=O) groups excluding carboxylic acids is 1. The monoisotopic (exact) mass is 437 g/mol. The summed E-state index contributed by atoms with van der Waals surface area (Å²) in [6.45, 7) is 2.71. The van der Waals surface area contributed by atoms with E-state index in [0.29, 0.717) is 42.1 Å². The number of Topliss-reactive ketones (excluding diaryl/α,β-unsaturated/α-hetero) is 1. The molecular formula is C22H19ClF3NO3. The molecule has 4 rings (SSSR count). The van der Waals surface area contributed by atoms with Crippen molar-refractivity contribution in [2.75, 3.05) is 38.3 Å². The normalized spacial score (nSPS) is 18.1. The Kier molecular flexibility index (Phi) is 5.51. The first-order valence-electron chi connectivity index (χ1n) is 9.43. The lowest BCUT2D eigenvalue weighted by Gasteiger charge is -2.30. The van der Waals surface area contributed by atoms with Crippen molar-refractivity contribution < 1.29 is 27.4 Å². The van der Waals surface area contributed by atoms with Crippen molar-refractivity contribution in [3.63, 3.8) is 0 Å². The van der Waals surface area contributed by atoms with Gasteiger partial charge in [-0.2, -0.15) is 13.2 Å². The molecule has 0 bridgehead atoms. The Balaban J connectivity index is 1.65. The van der Waals surface area contributed by atoms with Crippen molar-refractivity contribution >= 4 is 29.1 Å². The zero-order chi connectivity index (χ0) is 21.5. The van der Waals surface area contributed by atoms with Gasteiger partial charge in [-0.05, 0) is 41.5 Å². The molecule has 0 aromatic heterocycles. The molecule has 158 valence electrons. The predicted molar refractivity (Wildman–Crippen MR) is 108 cm³/mol. The lowest BCUT2D eigenvalue weighted by atomic mass is 10.1. The average Bonchev–Trinajstić information content (AvgIpc) is 3.01. The van der Waals surface area contributed by atoms with E-state index in [0.717, 1.165) is 30.4 Å². The van der Waals surface area contributed by atoms with E-state index in [1.165, 1.54) is 12.1 Å². The highest BCUT2D eigenvalue weighted by Crippen LogP contribution is 2.39. The summed E-state index contributed by atoms with van der Waals surface area (Å²) in [7, 11) is 1.56. The van der Waals surface area contributed by atoms with Crippen molar-refractivity contribution in [1.29, 1.82) is 0 Å². The first kappa shape index (κ1) is 20.8. The summed E-state index contributed by atoms with van der Waals surface area (Å²) in [5, 5.41) is -0.393. The van der Waals surface area contributed by atoms with Crippen LogP contribution >= 0.6 is 11.6 Å². The van der Waals surface area contributed by atoms with Crippen LogP contribution in [0.25, 0.3) is 6.08 Å². The van der Waals surface area contributed by atoms with Gasteiger partial charge in [-0.3, -0.25) is 4.79 Å². The van der Waals surface area contributed by atoms with Crippen LogP contribution in [0.2, 0.25) is 5.02 Å². The van der Waals surface area contributed by atoms with E-state index in [9.17, 15) is 18.0 Å². The summed E-state index contributed by atoms with van der Waals surface area (Å²) in [5.41, 5.74) is 2.38. The Morgan fingerprint density at radius 1 is 1.17 bits per heavy atom. The van der Waals surface area contributed by atoms with Crippen LogP contribution in [0.15, 0.2) is 35.9 Å². The van der Waals surface area contributed by atoms with E-state index in [4.69, 9.17) is 21.1 Å². The number of carbonyl (C=O) groups is 1. The highest BCUT2D eigenvalue weighted by atomic mass is 35.5. The van der Waals surface area contributed by atoms with Gasteiger partial charge < -0.3 is 14.4 Å². The van der Waals surface area contributed by atoms with E-state index in [1.807, 2.05) is 6.07 Å². The van der Waals surface area contributed by atoms with Crippen LogP contribution in [0.5, 0.6) is 5.75 Å². The van der Waals surface area contributed by atoms with E-state index in [1.54, 1.807) is 19.3 Å². The third-order valence-electron chi connectivity index (χ3n) is 5.31. The second kappa shape index (κ2) is 7.96. The summed E-state index contributed by atoms with van der Waals surface area (Å²) < 4.78 is 49.6. The molecule has 30 heavy (non-hydrogen) atoms. The fourth-order valence-corrected chi connectivity index (χ4v) is 4.11. The number of ketones is 1. The standard InChI is InChI=1S/C22H19ClF3NO3/c1-29-20-12-16-14(11-19(20)27-4-6-30-7-5-27)10-15(21(16)28)8-13-2-3-17(18(23)9-13)22(24,25)26/h2-3,8-9,11-12H,4-7,10H2,1H3/b15-8+. The van der Waals surface area contributed by atoms with Gasteiger partial charge in [0.2, 0.25) is 0 Å². The molecule has 1 saturated heterocycles. The number of halogens is 4. The maximum Gasteiger partial charge on any atom is 0.417 e. The Bertz CT molecular complexity index is 1030. The predicted octanol–water partition coefficient (Wildman–Crippen LogP) is 5.03. The molecular weight excluding hydrogens is 419 g/mol. The van der Waals surface area contributed by atoms with Gasteiger partial charge in [0.25, 0.3) is 0 Å². The second-order valence-corrected chi connectivity index (χ2v) is 7.60. The Morgan fingerprint density at radius 3 is 2.53 bits per heavy atom. The summed E-state index contributed by atoms with van der Waals surface area (Å²) in [6.07, 6.45) is -2.53. The molecule has 0 N–H and O–H groups in total. The van der Waals surface area contributed by atoms with Gasteiger partial charge in [0.05, 0.1) is 36.6 Å². The first-order valence-corrected chi connectivity index (χ1v) is 9.81. The lowest BCUT2D eigenvalue weighted by Crippen LogP contribution is -2.36. The van der Waals surface area contributed by atoms with Gasteiger partial charge in [0.1, 0.15) is 5.75 Å². The molecule has 2 aliphatic rings. The Morgan fingerprint density at radius 2 is 1.90 bits per heavy atom. The SMILES string of the molecule is COc1cc2c(cc1N1CCOCC1)C/C(=C\c1ccc(C(F)(F)F)c(Cl)c1)C2=O. The second-order valence-electron chi connectivity index (χ2n) is 7.19. The lowest BCUT2D eigenvalue weighted by molar-refractivity contribution is -0.137.